The van der Waals surface area contributed by atoms with E-state index in [0.29, 0.717) is 0 Å². The molecule has 212 valence electrons. The van der Waals surface area contributed by atoms with Gasteiger partial charge in [-0.25, -0.2) is 0 Å². The van der Waals surface area contributed by atoms with Crippen LogP contribution in [0.1, 0.15) is 101 Å². The first-order valence-corrected chi connectivity index (χ1v) is 16.0. The molecule has 0 N–H and O–H groups in total. The average molecular weight is 527 g/mol. The van der Waals surface area contributed by atoms with Gasteiger partial charge in [-0.15, -0.1) is 0 Å². The molecule has 4 rings (SSSR count). The number of hydrogen-bond acceptors (Lipinski definition) is 1. The number of aryl methyl sites for hydroxylation is 2. The zero-order valence-corrected chi connectivity index (χ0v) is 25.4. The van der Waals surface area contributed by atoms with Crippen molar-refractivity contribution in [2.24, 2.45) is 23.7 Å². The molecule has 2 aliphatic carbocycles. The van der Waals surface area contributed by atoms with E-state index >= 15 is 0 Å². The van der Waals surface area contributed by atoms with Crippen LogP contribution in [0.4, 0.5) is 0 Å². The topological polar surface area (TPSA) is 9.23 Å². The van der Waals surface area contributed by atoms with Crippen molar-refractivity contribution in [1.29, 1.82) is 0 Å². The lowest BCUT2D eigenvalue weighted by Crippen LogP contribution is -2.13. The Morgan fingerprint density at radius 2 is 0.974 bits per heavy atom. The van der Waals surface area contributed by atoms with Crippen LogP contribution in [0.2, 0.25) is 0 Å². The van der Waals surface area contributed by atoms with E-state index < -0.39 is 0 Å². The number of allylic oxidation sites excluding steroid dienone is 2. The van der Waals surface area contributed by atoms with Gasteiger partial charge in [0, 0.05) is 0 Å². The van der Waals surface area contributed by atoms with E-state index in [9.17, 15) is 0 Å². The largest absolute Gasteiger partial charge is 0.373 e. The van der Waals surface area contributed by atoms with Crippen molar-refractivity contribution in [2.75, 3.05) is 13.2 Å². The molecule has 39 heavy (non-hydrogen) atoms. The summed E-state index contributed by atoms with van der Waals surface area (Å²) in [5.74, 6) is 3.13. The lowest BCUT2D eigenvalue weighted by molar-refractivity contribution is 0.169. The molecule has 2 aliphatic rings. The summed E-state index contributed by atoms with van der Waals surface area (Å²) in [5, 5.41) is 0. The van der Waals surface area contributed by atoms with Gasteiger partial charge in [0.25, 0.3) is 0 Å². The van der Waals surface area contributed by atoms with E-state index in [0.717, 1.165) is 36.9 Å². The molecule has 2 unspecified atom stereocenters. The minimum atomic E-state index is 0.730. The van der Waals surface area contributed by atoms with E-state index in [1.54, 1.807) is 0 Å². The maximum Gasteiger partial charge on any atom is 0.0681 e. The Labute approximate surface area is 240 Å². The van der Waals surface area contributed by atoms with Gasteiger partial charge in [-0.2, -0.15) is 0 Å². The molecule has 1 nitrogen and oxygen atoms in total. The van der Waals surface area contributed by atoms with Crippen molar-refractivity contribution < 1.29 is 4.74 Å². The summed E-state index contributed by atoms with van der Waals surface area (Å²) in [6, 6.07) is 18.7. The van der Waals surface area contributed by atoms with Crippen LogP contribution in [0.5, 0.6) is 0 Å². The van der Waals surface area contributed by atoms with E-state index in [1.807, 2.05) is 0 Å². The molecule has 0 fully saturated rings. The molecule has 0 aromatic heterocycles. The van der Waals surface area contributed by atoms with Crippen LogP contribution < -0.4 is 0 Å². The molecular weight excluding hydrogens is 472 g/mol. The van der Waals surface area contributed by atoms with Crippen molar-refractivity contribution in [1.82, 2.24) is 0 Å². The second kappa shape index (κ2) is 15.6. The van der Waals surface area contributed by atoms with Crippen molar-refractivity contribution in [3.05, 3.63) is 94.1 Å². The molecule has 0 bridgehead atoms. The molecular formula is C38H54O. The summed E-state index contributed by atoms with van der Waals surface area (Å²) in [6.07, 6.45) is 19.9. The Hall–Kier alpha value is -2.12. The lowest BCUT2D eigenvalue weighted by Gasteiger charge is -2.24. The maximum atomic E-state index is 6.18. The second-order valence-corrected chi connectivity index (χ2v) is 13.4. The van der Waals surface area contributed by atoms with Gasteiger partial charge < -0.3 is 4.74 Å². The number of rotatable bonds is 14. The minimum Gasteiger partial charge on any atom is -0.373 e. The van der Waals surface area contributed by atoms with Crippen molar-refractivity contribution in [3.63, 3.8) is 0 Å². The molecule has 0 radical (unpaired) electrons. The van der Waals surface area contributed by atoms with Gasteiger partial charge >= 0.3 is 0 Å². The third kappa shape index (κ3) is 10.8. The summed E-state index contributed by atoms with van der Waals surface area (Å²) in [6.45, 7) is 10.8. The van der Waals surface area contributed by atoms with Crippen LogP contribution in [0, 0.1) is 23.7 Å². The smallest absolute Gasteiger partial charge is 0.0681 e. The third-order valence-corrected chi connectivity index (χ3v) is 8.82. The quantitative estimate of drug-likeness (QED) is 0.222. The fourth-order valence-corrected chi connectivity index (χ4v) is 6.35. The van der Waals surface area contributed by atoms with Gasteiger partial charge in [-0.3, -0.25) is 0 Å². The summed E-state index contributed by atoms with van der Waals surface area (Å²) in [4.78, 5) is 0. The summed E-state index contributed by atoms with van der Waals surface area (Å²) >= 11 is 0. The maximum absolute atomic E-state index is 6.18. The van der Waals surface area contributed by atoms with E-state index in [2.05, 4.69) is 88.4 Å². The molecule has 2 aromatic carbocycles. The van der Waals surface area contributed by atoms with Crippen LogP contribution in [-0.4, -0.2) is 13.2 Å². The zero-order chi connectivity index (χ0) is 27.5. The van der Waals surface area contributed by atoms with Gasteiger partial charge in [0.05, 0.1) is 13.2 Å². The Kier molecular flexibility index (Phi) is 11.9. The van der Waals surface area contributed by atoms with Crippen LogP contribution in [0.25, 0.3) is 0 Å². The summed E-state index contributed by atoms with van der Waals surface area (Å²) < 4.78 is 6.18. The van der Waals surface area contributed by atoms with Crippen molar-refractivity contribution in [3.8, 4) is 0 Å². The van der Waals surface area contributed by atoms with Gasteiger partial charge in [-0.1, -0.05) is 88.4 Å². The number of hydrogen-bond donors (Lipinski definition) is 0. The highest BCUT2D eigenvalue weighted by Crippen LogP contribution is 2.30. The van der Waals surface area contributed by atoms with Gasteiger partial charge in [0.15, 0.2) is 0 Å². The van der Waals surface area contributed by atoms with Gasteiger partial charge in [-0.05, 0) is 134 Å². The van der Waals surface area contributed by atoms with Crippen LogP contribution in [-0.2, 0) is 30.4 Å². The Morgan fingerprint density at radius 3 is 1.31 bits per heavy atom. The average Bonchev–Trinajstić information content (AvgIpc) is 2.93. The predicted molar refractivity (Wildman–Crippen MR) is 168 cm³/mol. The lowest BCUT2D eigenvalue weighted by atomic mass is 9.85. The van der Waals surface area contributed by atoms with Gasteiger partial charge in [0.2, 0.25) is 0 Å². The molecule has 1 heteroatoms. The Morgan fingerprint density at radius 1 is 0.590 bits per heavy atom. The van der Waals surface area contributed by atoms with Crippen molar-refractivity contribution in [2.45, 2.75) is 105 Å². The summed E-state index contributed by atoms with van der Waals surface area (Å²) in [5.41, 5.74) is 9.00. The molecule has 0 aliphatic heterocycles. The van der Waals surface area contributed by atoms with Crippen LogP contribution in [0.15, 0.2) is 71.8 Å². The predicted octanol–water partition coefficient (Wildman–Crippen LogP) is 10.1. The fourth-order valence-electron chi connectivity index (χ4n) is 6.35. The molecule has 0 saturated heterocycles. The van der Waals surface area contributed by atoms with E-state index in [4.69, 9.17) is 4.74 Å². The number of benzene rings is 2. The molecule has 0 heterocycles. The Bertz CT molecular complexity index is 952. The number of ether oxygens (including phenoxy) is 1. The second-order valence-electron chi connectivity index (χ2n) is 13.4. The highest BCUT2D eigenvalue weighted by atomic mass is 16.5. The minimum absolute atomic E-state index is 0.730. The molecule has 0 saturated carbocycles. The standard InChI is InChI=1S/C38H54O/c1-29(2)25-35-17-9-31(10-18-35)5-7-33-13-21-37(22-14-33)27-39-28-38-23-15-34(16-24-38)8-6-32-11-19-36(20-12-32)26-30(3)4/h9-12,17-21,23,29-30,33-34H,5-8,13-16,22,24-28H2,1-4H3. The van der Waals surface area contributed by atoms with Crippen molar-refractivity contribution >= 4 is 0 Å². The first-order valence-electron chi connectivity index (χ1n) is 16.0. The molecule has 2 atom stereocenters. The normalized spacial score (nSPS) is 19.8. The molecule has 0 spiro atoms. The zero-order valence-electron chi connectivity index (χ0n) is 25.4. The Balaban J connectivity index is 1.08. The monoisotopic (exact) mass is 526 g/mol. The molecule has 0 amide bonds. The van der Waals surface area contributed by atoms with Gasteiger partial charge in [0.1, 0.15) is 0 Å². The van der Waals surface area contributed by atoms with Crippen LogP contribution >= 0.6 is 0 Å². The fraction of sp³-hybridized carbons (Fsp3) is 0.579. The first kappa shape index (κ1) is 29.9. The van der Waals surface area contributed by atoms with Crippen LogP contribution in [0.3, 0.4) is 0 Å². The SMILES string of the molecule is CC(C)Cc1ccc(CCC2CC=C(COCC3=CCC(CCc4ccc(CC(C)C)cc4)CC3)CC2)cc1. The third-order valence-electron chi connectivity index (χ3n) is 8.82. The van der Waals surface area contributed by atoms with E-state index in [-0.39, 0.29) is 0 Å². The van der Waals surface area contributed by atoms with E-state index in [1.165, 1.54) is 110 Å². The summed E-state index contributed by atoms with van der Waals surface area (Å²) in [7, 11) is 0. The first-order chi connectivity index (χ1) is 18.9. The highest BCUT2D eigenvalue weighted by Gasteiger charge is 2.17. The highest BCUT2D eigenvalue weighted by molar-refractivity contribution is 5.24. The molecule has 2 aromatic rings.